The zero-order valence-corrected chi connectivity index (χ0v) is 13.6. The van der Waals surface area contributed by atoms with Gasteiger partial charge in [0.15, 0.2) is 0 Å². The van der Waals surface area contributed by atoms with E-state index >= 15 is 0 Å². The van der Waals surface area contributed by atoms with Gasteiger partial charge in [0, 0.05) is 0 Å². The highest BCUT2D eigenvalue weighted by atomic mass is 16.8. The Morgan fingerprint density at radius 3 is 2.39 bits per heavy atom. The first-order valence-corrected chi connectivity index (χ1v) is 8.05. The molecule has 0 aromatic rings. The molecule has 1 fully saturated rings. The molecule has 5 atom stereocenters. The summed E-state index contributed by atoms with van der Waals surface area (Å²) in [5, 5.41) is 38.5. The van der Waals surface area contributed by atoms with Gasteiger partial charge in [0.1, 0.15) is 24.4 Å². The number of aliphatic hydroxyl groups is 4. The summed E-state index contributed by atoms with van der Waals surface area (Å²) < 4.78 is 15.8. The SMILES string of the molecule is [CH2]CCCCCCC=C(OC)O[C@@H]1O[C@H](CO)[C@H](O)[C@H](O)[C@H]1O. The molecule has 0 amide bonds. The quantitative estimate of drug-likeness (QED) is 0.340. The van der Waals surface area contributed by atoms with Crippen LogP contribution >= 0.6 is 0 Å². The van der Waals surface area contributed by atoms with E-state index in [0.29, 0.717) is 0 Å². The minimum atomic E-state index is -1.47. The Hall–Kier alpha value is -0.860. The van der Waals surface area contributed by atoms with Gasteiger partial charge in [-0.15, -0.1) is 0 Å². The highest BCUT2D eigenvalue weighted by Gasteiger charge is 2.45. The summed E-state index contributed by atoms with van der Waals surface area (Å²) in [6.07, 6.45) is 1.21. The van der Waals surface area contributed by atoms with Crippen LogP contribution in [0.25, 0.3) is 0 Å². The Bertz CT molecular complexity index is 345. The topological polar surface area (TPSA) is 109 Å². The summed E-state index contributed by atoms with van der Waals surface area (Å²) in [6, 6.07) is 0. The molecule has 0 spiro atoms. The Balaban J connectivity index is 2.49. The Morgan fingerprint density at radius 1 is 1.09 bits per heavy atom. The molecule has 0 saturated carbocycles. The van der Waals surface area contributed by atoms with E-state index in [0.717, 1.165) is 38.5 Å². The molecule has 4 N–H and O–H groups in total. The van der Waals surface area contributed by atoms with Crippen LogP contribution < -0.4 is 0 Å². The molecule has 0 aliphatic carbocycles. The van der Waals surface area contributed by atoms with Crippen molar-refractivity contribution >= 4 is 0 Å². The second-order valence-electron chi connectivity index (χ2n) is 5.60. The van der Waals surface area contributed by atoms with Gasteiger partial charge < -0.3 is 34.6 Å². The van der Waals surface area contributed by atoms with Gasteiger partial charge >= 0.3 is 0 Å². The van der Waals surface area contributed by atoms with E-state index in [4.69, 9.17) is 19.3 Å². The van der Waals surface area contributed by atoms with Crippen LogP contribution in [0.3, 0.4) is 0 Å². The zero-order chi connectivity index (χ0) is 17.2. The molecule has 0 unspecified atom stereocenters. The van der Waals surface area contributed by atoms with Crippen molar-refractivity contribution in [3.8, 4) is 0 Å². The smallest absolute Gasteiger partial charge is 0.277 e. The number of hydrogen-bond donors (Lipinski definition) is 4. The molecule has 1 rings (SSSR count). The average Bonchev–Trinajstić information content (AvgIpc) is 2.56. The van der Waals surface area contributed by atoms with Gasteiger partial charge in [-0.3, -0.25) is 0 Å². The number of ether oxygens (including phenoxy) is 3. The Morgan fingerprint density at radius 2 is 1.78 bits per heavy atom. The summed E-state index contributed by atoms with van der Waals surface area (Å²) >= 11 is 0. The minimum Gasteiger partial charge on any atom is -0.469 e. The van der Waals surface area contributed by atoms with Crippen LogP contribution in [0.4, 0.5) is 0 Å². The van der Waals surface area contributed by atoms with Gasteiger partial charge in [-0.25, -0.2) is 0 Å². The molecule has 1 saturated heterocycles. The molecular formula is C16H29O7. The van der Waals surface area contributed by atoms with Crippen molar-refractivity contribution in [2.75, 3.05) is 13.7 Å². The zero-order valence-electron chi connectivity index (χ0n) is 13.6. The van der Waals surface area contributed by atoms with Crippen LogP contribution in [0, 0.1) is 6.92 Å². The molecule has 1 aliphatic rings. The number of rotatable bonds is 10. The third-order valence-electron chi connectivity index (χ3n) is 3.80. The van der Waals surface area contributed by atoms with Crippen molar-refractivity contribution in [1.82, 2.24) is 0 Å². The van der Waals surface area contributed by atoms with Crippen LogP contribution in [-0.2, 0) is 14.2 Å². The normalized spacial score (nSPS) is 31.9. The molecule has 1 aliphatic heterocycles. The predicted molar refractivity (Wildman–Crippen MR) is 83.0 cm³/mol. The molecule has 0 bridgehead atoms. The van der Waals surface area contributed by atoms with Crippen molar-refractivity contribution in [1.29, 1.82) is 0 Å². The third kappa shape index (κ3) is 6.27. The average molecular weight is 333 g/mol. The van der Waals surface area contributed by atoms with Crippen LogP contribution in [0.2, 0.25) is 0 Å². The molecular weight excluding hydrogens is 304 g/mol. The van der Waals surface area contributed by atoms with Gasteiger partial charge in [-0.05, 0) is 18.9 Å². The first kappa shape index (κ1) is 20.2. The summed E-state index contributed by atoms with van der Waals surface area (Å²) in [7, 11) is 1.43. The number of hydrogen-bond acceptors (Lipinski definition) is 7. The van der Waals surface area contributed by atoms with E-state index in [1.54, 1.807) is 6.08 Å². The maximum atomic E-state index is 9.90. The Kier molecular flexibility index (Phi) is 9.50. The van der Waals surface area contributed by atoms with E-state index in [1.807, 2.05) is 0 Å². The predicted octanol–water partition coefficient (Wildman–Crippen LogP) is 0.465. The monoisotopic (exact) mass is 333 g/mol. The maximum absolute atomic E-state index is 9.90. The minimum absolute atomic E-state index is 0.173. The lowest BCUT2D eigenvalue weighted by molar-refractivity contribution is -0.299. The van der Waals surface area contributed by atoms with E-state index in [2.05, 4.69) is 6.92 Å². The van der Waals surface area contributed by atoms with Gasteiger partial charge in [0.25, 0.3) is 5.95 Å². The number of methoxy groups -OCH3 is 1. The molecule has 0 aromatic heterocycles. The Labute approximate surface area is 137 Å². The van der Waals surface area contributed by atoms with E-state index in [-0.39, 0.29) is 5.95 Å². The number of unbranched alkanes of at least 4 members (excludes halogenated alkanes) is 5. The molecule has 7 heteroatoms. The fourth-order valence-electron chi connectivity index (χ4n) is 2.35. The summed E-state index contributed by atoms with van der Waals surface area (Å²) in [5.74, 6) is 0.173. The molecule has 0 aromatic carbocycles. The second-order valence-corrected chi connectivity index (χ2v) is 5.60. The molecule has 1 heterocycles. The number of aliphatic hydroxyl groups excluding tert-OH is 4. The van der Waals surface area contributed by atoms with Crippen molar-refractivity contribution in [2.45, 2.75) is 69.2 Å². The largest absolute Gasteiger partial charge is 0.469 e. The van der Waals surface area contributed by atoms with Crippen molar-refractivity contribution in [3.63, 3.8) is 0 Å². The van der Waals surface area contributed by atoms with E-state index in [1.165, 1.54) is 7.11 Å². The fourth-order valence-corrected chi connectivity index (χ4v) is 2.35. The first-order valence-electron chi connectivity index (χ1n) is 8.05. The van der Waals surface area contributed by atoms with Gasteiger partial charge in [0.2, 0.25) is 6.29 Å². The summed E-state index contributed by atoms with van der Waals surface area (Å²) in [5.41, 5.74) is 0. The van der Waals surface area contributed by atoms with E-state index in [9.17, 15) is 15.3 Å². The van der Waals surface area contributed by atoms with Crippen molar-refractivity contribution in [3.05, 3.63) is 18.9 Å². The van der Waals surface area contributed by atoms with Crippen LogP contribution in [0.5, 0.6) is 0 Å². The molecule has 1 radical (unpaired) electrons. The fraction of sp³-hybridized carbons (Fsp3) is 0.812. The summed E-state index contributed by atoms with van der Waals surface area (Å²) in [6.45, 7) is 3.30. The standard InChI is InChI=1S/C16H29O7/c1-3-4-5-6-7-8-9-12(21-2)23-16-15(20)14(19)13(18)11(10-17)22-16/h9,11,13-20H,1,3-8,10H2,2H3/t11-,13+,14+,15-,16+/m1/s1. The molecule has 7 nitrogen and oxygen atoms in total. The third-order valence-corrected chi connectivity index (χ3v) is 3.80. The molecule has 135 valence electrons. The number of allylic oxidation sites excluding steroid dienone is 1. The van der Waals surface area contributed by atoms with Crippen LogP contribution in [0.1, 0.15) is 38.5 Å². The highest BCUT2D eigenvalue weighted by molar-refractivity contribution is 4.92. The highest BCUT2D eigenvalue weighted by Crippen LogP contribution is 2.24. The second kappa shape index (κ2) is 10.8. The van der Waals surface area contributed by atoms with Gasteiger partial charge in [-0.2, -0.15) is 0 Å². The summed E-state index contributed by atoms with van der Waals surface area (Å²) in [4.78, 5) is 0. The van der Waals surface area contributed by atoms with E-state index < -0.39 is 37.3 Å². The van der Waals surface area contributed by atoms with Gasteiger partial charge in [0.05, 0.1) is 13.7 Å². The lowest BCUT2D eigenvalue weighted by atomic mass is 9.99. The maximum Gasteiger partial charge on any atom is 0.277 e. The van der Waals surface area contributed by atoms with Crippen LogP contribution in [0.15, 0.2) is 12.0 Å². The van der Waals surface area contributed by atoms with Gasteiger partial charge in [-0.1, -0.05) is 32.6 Å². The molecule has 23 heavy (non-hydrogen) atoms. The lowest BCUT2D eigenvalue weighted by Gasteiger charge is -2.39. The van der Waals surface area contributed by atoms with Crippen molar-refractivity contribution in [2.24, 2.45) is 0 Å². The van der Waals surface area contributed by atoms with Crippen molar-refractivity contribution < 1.29 is 34.6 Å². The first-order chi connectivity index (χ1) is 11.0. The lowest BCUT2D eigenvalue weighted by Crippen LogP contribution is -2.59. The van der Waals surface area contributed by atoms with Crippen LogP contribution in [-0.4, -0.2) is 64.8 Å².